The summed E-state index contributed by atoms with van der Waals surface area (Å²) in [7, 11) is 0. The number of Topliss-reactive ketones (excluding diaryl/α,β-unsaturated/α-hetero) is 1. The molecular weight excluding hydrogens is 292 g/mol. The van der Waals surface area contributed by atoms with Crippen LogP contribution in [0.25, 0.3) is 0 Å². The zero-order chi connectivity index (χ0) is 17.1. The SMILES string of the molecule is CC(C)(C)OC(=O)NC1(c2ccc(C#N)cc2)CCCCC1=O. The largest absolute Gasteiger partial charge is 0.444 e. The molecule has 0 radical (unpaired) electrons. The topological polar surface area (TPSA) is 79.2 Å². The highest BCUT2D eigenvalue weighted by Crippen LogP contribution is 2.35. The number of nitriles is 1. The van der Waals surface area contributed by atoms with Gasteiger partial charge in [0.15, 0.2) is 5.78 Å². The first kappa shape index (κ1) is 17.0. The van der Waals surface area contributed by atoms with Crippen LogP contribution in [-0.4, -0.2) is 17.5 Å². The van der Waals surface area contributed by atoms with Gasteiger partial charge in [0, 0.05) is 6.42 Å². The number of carbonyl (C=O) groups excluding carboxylic acids is 2. The molecule has 0 bridgehead atoms. The van der Waals surface area contributed by atoms with Gasteiger partial charge in [-0.15, -0.1) is 0 Å². The van der Waals surface area contributed by atoms with Crippen molar-refractivity contribution in [1.82, 2.24) is 5.32 Å². The van der Waals surface area contributed by atoms with Gasteiger partial charge in [0.25, 0.3) is 0 Å². The predicted molar refractivity (Wildman–Crippen MR) is 85.7 cm³/mol. The van der Waals surface area contributed by atoms with Gasteiger partial charge in [-0.05, 0) is 57.7 Å². The van der Waals surface area contributed by atoms with E-state index in [9.17, 15) is 9.59 Å². The van der Waals surface area contributed by atoms with E-state index in [4.69, 9.17) is 10.00 Å². The summed E-state index contributed by atoms with van der Waals surface area (Å²) in [6.45, 7) is 5.34. The molecule has 1 aromatic carbocycles. The first-order valence-electron chi connectivity index (χ1n) is 7.82. The van der Waals surface area contributed by atoms with Gasteiger partial charge in [-0.3, -0.25) is 4.79 Å². The van der Waals surface area contributed by atoms with E-state index in [1.165, 1.54) is 0 Å². The fraction of sp³-hybridized carbons (Fsp3) is 0.500. The van der Waals surface area contributed by atoms with Crippen LogP contribution in [0, 0.1) is 11.3 Å². The molecule has 5 nitrogen and oxygen atoms in total. The van der Waals surface area contributed by atoms with E-state index in [1.54, 1.807) is 45.0 Å². The molecule has 23 heavy (non-hydrogen) atoms. The second-order valence-corrected chi connectivity index (χ2v) is 6.85. The van der Waals surface area contributed by atoms with Crippen LogP contribution >= 0.6 is 0 Å². The fourth-order valence-corrected chi connectivity index (χ4v) is 2.85. The summed E-state index contributed by atoms with van der Waals surface area (Å²) in [5.41, 5.74) is -0.473. The molecule has 5 heteroatoms. The quantitative estimate of drug-likeness (QED) is 0.907. The standard InChI is InChI=1S/C18H22N2O3/c1-17(2,3)23-16(22)20-18(11-5-4-6-15(18)21)14-9-7-13(12-19)8-10-14/h7-10H,4-6,11H2,1-3H3,(H,20,22). The van der Waals surface area contributed by atoms with Crippen molar-refractivity contribution in [2.45, 2.75) is 57.6 Å². The van der Waals surface area contributed by atoms with E-state index < -0.39 is 17.2 Å². The summed E-state index contributed by atoms with van der Waals surface area (Å²) >= 11 is 0. The molecular formula is C18H22N2O3. The molecule has 1 aliphatic rings. The Balaban J connectivity index is 2.34. The van der Waals surface area contributed by atoms with Gasteiger partial charge in [-0.25, -0.2) is 4.79 Å². The first-order valence-corrected chi connectivity index (χ1v) is 7.82. The maximum Gasteiger partial charge on any atom is 0.408 e. The minimum absolute atomic E-state index is 0.0145. The molecule has 0 saturated heterocycles. The number of alkyl carbamates (subject to hydrolysis) is 1. The molecule has 1 N–H and O–H groups in total. The summed E-state index contributed by atoms with van der Waals surface area (Å²) in [6.07, 6.45) is 2.04. The van der Waals surface area contributed by atoms with Crippen LogP contribution in [0.1, 0.15) is 57.6 Å². The van der Waals surface area contributed by atoms with Gasteiger partial charge in [0.2, 0.25) is 0 Å². The van der Waals surface area contributed by atoms with Crippen molar-refractivity contribution >= 4 is 11.9 Å². The molecule has 1 fully saturated rings. The molecule has 0 heterocycles. The Morgan fingerprint density at radius 3 is 2.43 bits per heavy atom. The lowest BCUT2D eigenvalue weighted by Crippen LogP contribution is -2.54. The zero-order valence-electron chi connectivity index (χ0n) is 13.8. The lowest BCUT2D eigenvalue weighted by atomic mass is 9.75. The molecule has 1 aliphatic carbocycles. The molecule has 0 aliphatic heterocycles. The van der Waals surface area contributed by atoms with Gasteiger partial charge < -0.3 is 10.1 Å². The average Bonchev–Trinajstić information content (AvgIpc) is 2.48. The number of nitrogens with one attached hydrogen (secondary N) is 1. The monoisotopic (exact) mass is 314 g/mol. The Kier molecular flexibility index (Phi) is 4.74. The Labute approximate surface area is 136 Å². The number of nitrogens with zero attached hydrogens (tertiary/aromatic N) is 1. The summed E-state index contributed by atoms with van der Waals surface area (Å²) in [5, 5.41) is 11.7. The van der Waals surface area contributed by atoms with Crippen LogP contribution in [0.15, 0.2) is 24.3 Å². The van der Waals surface area contributed by atoms with Crippen LogP contribution in [0.2, 0.25) is 0 Å². The predicted octanol–water partition coefficient (Wildman–Crippen LogP) is 3.42. The van der Waals surface area contributed by atoms with Crippen molar-refractivity contribution in [3.63, 3.8) is 0 Å². The Morgan fingerprint density at radius 2 is 1.91 bits per heavy atom. The van der Waals surface area contributed by atoms with E-state index in [-0.39, 0.29) is 5.78 Å². The van der Waals surface area contributed by atoms with Crippen molar-refractivity contribution in [2.75, 3.05) is 0 Å². The number of benzene rings is 1. The number of hydrogen-bond donors (Lipinski definition) is 1. The molecule has 0 spiro atoms. The Bertz CT molecular complexity index is 638. The highest BCUT2D eigenvalue weighted by atomic mass is 16.6. The Morgan fingerprint density at radius 1 is 1.26 bits per heavy atom. The number of amides is 1. The second kappa shape index (κ2) is 6.41. The summed E-state index contributed by atoms with van der Waals surface area (Å²) in [6, 6.07) is 8.85. The molecule has 1 saturated carbocycles. The molecule has 1 amide bonds. The maximum atomic E-state index is 12.6. The number of rotatable bonds is 2. The van der Waals surface area contributed by atoms with Gasteiger partial charge in [-0.2, -0.15) is 5.26 Å². The van der Waals surface area contributed by atoms with Crippen molar-refractivity contribution < 1.29 is 14.3 Å². The molecule has 1 aromatic rings. The van der Waals surface area contributed by atoms with Gasteiger partial charge in [0.05, 0.1) is 11.6 Å². The Hall–Kier alpha value is -2.35. The molecule has 122 valence electrons. The second-order valence-electron chi connectivity index (χ2n) is 6.85. The third-order valence-corrected chi connectivity index (χ3v) is 3.90. The van der Waals surface area contributed by atoms with E-state index >= 15 is 0 Å². The van der Waals surface area contributed by atoms with Crippen molar-refractivity contribution in [3.8, 4) is 6.07 Å². The lowest BCUT2D eigenvalue weighted by molar-refractivity contribution is -0.128. The van der Waals surface area contributed by atoms with E-state index in [0.29, 0.717) is 24.0 Å². The minimum atomic E-state index is -1.06. The summed E-state index contributed by atoms with van der Waals surface area (Å²) in [5.74, 6) is -0.0145. The normalized spacial score (nSPS) is 21.4. The van der Waals surface area contributed by atoms with Crippen LogP contribution in [0.3, 0.4) is 0 Å². The van der Waals surface area contributed by atoms with Crippen LogP contribution in [0.5, 0.6) is 0 Å². The number of carbonyl (C=O) groups is 2. The van der Waals surface area contributed by atoms with Crippen LogP contribution in [-0.2, 0) is 15.1 Å². The smallest absolute Gasteiger partial charge is 0.408 e. The minimum Gasteiger partial charge on any atom is -0.444 e. The highest BCUT2D eigenvalue weighted by molar-refractivity contribution is 5.93. The fourth-order valence-electron chi connectivity index (χ4n) is 2.85. The van der Waals surface area contributed by atoms with Crippen LogP contribution < -0.4 is 5.32 Å². The summed E-state index contributed by atoms with van der Waals surface area (Å²) < 4.78 is 5.33. The lowest BCUT2D eigenvalue weighted by Gasteiger charge is -2.37. The number of hydrogen-bond acceptors (Lipinski definition) is 4. The van der Waals surface area contributed by atoms with Crippen LogP contribution in [0.4, 0.5) is 4.79 Å². The molecule has 0 aromatic heterocycles. The summed E-state index contributed by atoms with van der Waals surface area (Å²) in [4.78, 5) is 24.9. The van der Waals surface area contributed by atoms with Gasteiger partial charge in [-0.1, -0.05) is 12.1 Å². The highest BCUT2D eigenvalue weighted by Gasteiger charge is 2.43. The third kappa shape index (κ3) is 3.89. The number of ketones is 1. The molecule has 1 atom stereocenters. The maximum absolute atomic E-state index is 12.6. The van der Waals surface area contributed by atoms with Gasteiger partial charge in [0.1, 0.15) is 11.1 Å². The number of ether oxygens (including phenoxy) is 1. The van der Waals surface area contributed by atoms with Crippen molar-refractivity contribution in [3.05, 3.63) is 35.4 Å². The van der Waals surface area contributed by atoms with Gasteiger partial charge >= 0.3 is 6.09 Å². The molecule has 1 unspecified atom stereocenters. The van der Waals surface area contributed by atoms with Crippen molar-refractivity contribution in [1.29, 1.82) is 5.26 Å². The molecule has 2 rings (SSSR count). The zero-order valence-corrected chi connectivity index (χ0v) is 13.8. The van der Waals surface area contributed by atoms with Crippen molar-refractivity contribution in [2.24, 2.45) is 0 Å². The van der Waals surface area contributed by atoms with E-state index in [0.717, 1.165) is 12.8 Å². The first-order chi connectivity index (χ1) is 10.8. The third-order valence-electron chi connectivity index (χ3n) is 3.90. The average molecular weight is 314 g/mol. The van der Waals surface area contributed by atoms with E-state index in [1.807, 2.05) is 0 Å². The van der Waals surface area contributed by atoms with E-state index in [2.05, 4.69) is 11.4 Å².